The standard InChI is InChI=1S/C28H30ClFN2O3S2/c1-19-15-20(2)18-32(17-19)37(34,35)25-11-12-27(36-24-9-7-23(30)8-10-24)26(16-25)28(33)31-14-13-21-3-5-22(29)6-4-21/h3-12,16,19-20H,13-15,17-18H2,1-2H3,(H,31,33)/t19-,20-/m0/s1. The van der Waals surface area contributed by atoms with Crippen LogP contribution in [0.4, 0.5) is 4.39 Å². The number of nitrogens with one attached hydrogen (secondary N) is 1. The number of carbonyl (C=O) groups is 1. The van der Waals surface area contributed by atoms with Gasteiger partial charge < -0.3 is 5.32 Å². The van der Waals surface area contributed by atoms with Crippen molar-refractivity contribution in [1.82, 2.24) is 9.62 Å². The third kappa shape index (κ3) is 7.13. The van der Waals surface area contributed by atoms with Gasteiger partial charge in [0.05, 0.1) is 10.5 Å². The van der Waals surface area contributed by atoms with Crippen molar-refractivity contribution < 1.29 is 17.6 Å². The molecule has 0 aromatic heterocycles. The van der Waals surface area contributed by atoms with Gasteiger partial charge in [-0.3, -0.25) is 4.79 Å². The maximum atomic E-state index is 13.5. The minimum Gasteiger partial charge on any atom is -0.352 e. The number of sulfonamides is 1. The largest absolute Gasteiger partial charge is 0.352 e. The number of hydrogen-bond donors (Lipinski definition) is 1. The minimum atomic E-state index is -3.76. The van der Waals surface area contributed by atoms with Gasteiger partial charge in [-0.1, -0.05) is 49.3 Å². The number of rotatable bonds is 8. The van der Waals surface area contributed by atoms with Gasteiger partial charge in [-0.15, -0.1) is 0 Å². The van der Waals surface area contributed by atoms with Crippen molar-refractivity contribution in [1.29, 1.82) is 0 Å². The molecule has 1 saturated heterocycles. The number of benzene rings is 3. The quantitative estimate of drug-likeness (QED) is 0.353. The van der Waals surface area contributed by atoms with Crippen LogP contribution in [0.5, 0.6) is 0 Å². The van der Waals surface area contributed by atoms with Gasteiger partial charge in [0, 0.05) is 34.4 Å². The van der Waals surface area contributed by atoms with Gasteiger partial charge in [-0.05, 0) is 84.8 Å². The highest BCUT2D eigenvalue weighted by molar-refractivity contribution is 7.99. The monoisotopic (exact) mass is 560 g/mol. The second kappa shape index (κ2) is 12.0. The molecule has 0 aliphatic carbocycles. The lowest BCUT2D eigenvalue weighted by Crippen LogP contribution is -2.42. The zero-order chi connectivity index (χ0) is 26.6. The molecule has 0 spiro atoms. The van der Waals surface area contributed by atoms with Crippen molar-refractivity contribution in [3.05, 3.63) is 88.7 Å². The summed E-state index contributed by atoms with van der Waals surface area (Å²) in [7, 11) is -3.76. The Morgan fingerprint density at radius 1 is 1.03 bits per heavy atom. The molecule has 1 aliphatic rings. The van der Waals surface area contributed by atoms with Gasteiger partial charge in [0.25, 0.3) is 5.91 Å². The summed E-state index contributed by atoms with van der Waals surface area (Å²) in [6, 6.07) is 18.0. The van der Waals surface area contributed by atoms with Crippen LogP contribution < -0.4 is 5.32 Å². The summed E-state index contributed by atoms with van der Waals surface area (Å²) in [5, 5.41) is 3.56. The van der Waals surface area contributed by atoms with E-state index in [0.29, 0.717) is 36.0 Å². The first-order valence-electron chi connectivity index (χ1n) is 12.2. The molecule has 3 aromatic rings. The van der Waals surface area contributed by atoms with Gasteiger partial charge in [0.15, 0.2) is 0 Å². The van der Waals surface area contributed by atoms with Crippen LogP contribution in [-0.4, -0.2) is 38.3 Å². The van der Waals surface area contributed by atoms with Gasteiger partial charge >= 0.3 is 0 Å². The van der Waals surface area contributed by atoms with E-state index in [0.717, 1.165) is 16.9 Å². The fourth-order valence-corrected chi connectivity index (χ4v) is 7.34. The van der Waals surface area contributed by atoms with Crippen LogP contribution in [0.25, 0.3) is 0 Å². The van der Waals surface area contributed by atoms with Crippen LogP contribution in [0.1, 0.15) is 36.2 Å². The molecule has 3 aromatic carbocycles. The van der Waals surface area contributed by atoms with Crippen LogP contribution in [0.2, 0.25) is 5.02 Å². The Hall–Kier alpha value is -2.39. The third-order valence-corrected chi connectivity index (χ3v) is 9.49. The lowest BCUT2D eigenvalue weighted by molar-refractivity contribution is 0.0951. The second-order valence-electron chi connectivity index (χ2n) is 9.61. The average molecular weight is 561 g/mol. The fraction of sp³-hybridized carbons (Fsp3) is 0.321. The summed E-state index contributed by atoms with van der Waals surface area (Å²) < 4.78 is 42.0. The molecule has 2 atom stereocenters. The topological polar surface area (TPSA) is 66.5 Å². The molecule has 4 rings (SSSR count). The molecule has 0 saturated carbocycles. The summed E-state index contributed by atoms with van der Waals surface area (Å²) in [5.41, 5.74) is 1.29. The molecular weight excluding hydrogens is 531 g/mol. The van der Waals surface area contributed by atoms with Crippen molar-refractivity contribution >= 4 is 39.3 Å². The smallest absolute Gasteiger partial charge is 0.252 e. The van der Waals surface area contributed by atoms with Crippen LogP contribution in [0, 0.1) is 17.7 Å². The Morgan fingerprint density at radius 3 is 2.32 bits per heavy atom. The highest BCUT2D eigenvalue weighted by atomic mass is 35.5. The van der Waals surface area contributed by atoms with E-state index >= 15 is 0 Å². The highest BCUT2D eigenvalue weighted by Crippen LogP contribution is 2.34. The van der Waals surface area contributed by atoms with E-state index in [1.54, 1.807) is 36.4 Å². The summed E-state index contributed by atoms with van der Waals surface area (Å²) >= 11 is 7.23. The molecule has 0 radical (unpaired) electrons. The molecule has 1 heterocycles. The molecule has 1 amide bonds. The number of amides is 1. The van der Waals surface area contributed by atoms with Gasteiger partial charge in [-0.2, -0.15) is 4.31 Å². The van der Waals surface area contributed by atoms with E-state index in [1.165, 1.54) is 34.3 Å². The Morgan fingerprint density at radius 2 is 1.68 bits per heavy atom. The molecule has 1 N–H and O–H groups in total. The molecule has 1 fully saturated rings. The van der Waals surface area contributed by atoms with Crippen LogP contribution in [0.15, 0.2) is 81.4 Å². The molecule has 5 nitrogen and oxygen atoms in total. The first-order chi connectivity index (χ1) is 17.6. The van der Waals surface area contributed by atoms with Gasteiger partial charge in [0.1, 0.15) is 5.82 Å². The Balaban J connectivity index is 1.60. The number of hydrogen-bond acceptors (Lipinski definition) is 4. The first kappa shape index (κ1) is 27.6. The molecule has 196 valence electrons. The molecule has 0 bridgehead atoms. The van der Waals surface area contributed by atoms with Crippen molar-refractivity contribution in [2.24, 2.45) is 11.8 Å². The van der Waals surface area contributed by atoms with Crippen LogP contribution in [-0.2, 0) is 16.4 Å². The maximum absolute atomic E-state index is 13.5. The summed E-state index contributed by atoms with van der Waals surface area (Å²) in [4.78, 5) is 14.7. The Bertz CT molecular complexity index is 1340. The second-order valence-corrected chi connectivity index (χ2v) is 13.1. The van der Waals surface area contributed by atoms with E-state index in [2.05, 4.69) is 19.2 Å². The lowest BCUT2D eigenvalue weighted by atomic mass is 9.94. The number of halogens is 2. The van der Waals surface area contributed by atoms with Crippen molar-refractivity contribution in [3.8, 4) is 0 Å². The van der Waals surface area contributed by atoms with Crippen LogP contribution in [0.3, 0.4) is 0 Å². The molecular formula is C28H30ClFN2O3S2. The van der Waals surface area contributed by atoms with E-state index in [-0.39, 0.29) is 34.0 Å². The van der Waals surface area contributed by atoms with E-state index < -0.39 is 10.0 Å². The van der Waals surface area contributed by atoms with Crippen LogP contribution >= 0.6 is 23.4 Å². The molecule has 1 aliphatic heterocycles. The van der Waals surface area contributed by atoms with Gasteiger partial charge in [-0.25, -0.2) is 12.8 Å². The van der Waals surface area contributed by atoms with Crippen molar-refractivity contribution in [3.63, 3.8) is 0 Å². The predicted octanol–water partition coefficient (Wildman–Crippen LogP) is 6.27. The minimum absolute atomic E-state index is 0.0973. The summed E-state index contributed by atoms with van der Waals surface area (Å²) in [6.07, 6.45) is 1.59. The van der Waals surface area contributed by atoms with Gasteiger partial charge in [0.2, 0.25) is 10.0 Å². The van der Waals surface area contributed by atoms with Crippen molar-refractivity contribution in [2.45, 2.75) is 41.4 Å². The average Bonchev–Trinajstić information content (AvgIpc) is 2.86. The van der Waals surface area contributed by atoms with Crippen molar-refractivity contribution in [2.75, 3.05) is 19.6 Å². The Kier molecular flexibility index (Phi) is 8.95. The van der Waals surface area contributed by atoms with E-state index in [1.807, 2.05) is 12.1 Å². The molecule has 37 heavy (non-hydrogen) atoms. The number of piperidine rings is 1. The highest BCUT2D eigenvalue weighted by Gasteiger charge is 2.32. The zero-order valence-electron chi connectivity index (χ0n) is 20.8. The number of carbonyl (C=O) groups excluding carboxylic acids is 1. The fourth-order valence-electron chi connectivity index (χ4n) is 4.58. The Labute approximate surface area is 227 Å². The summed E-state index contributed by atoms with van der Waals surface area (Å²) in [6.45, 7) is 5.41. The predicted molar refractivity (Wildman–Crippen MR) is 146 cm³/mol. The summed E-state index contributed by atoms with van der Waals surface area (Å²) in [5.74, 6) is -0.183. The third-order valence-electron chi connectivity index (χ3n) is 6.32. The zero-order valence-corrected chi connectivity index (χ0v) is 23.2. The normalized spacial score (nSPS) is 18.5. The SMILES string of the molecule is C[C@H]1C[C@H](C)CN(S(=O)(=O)c2ccc(Sc3ccc(F)cc3)c(C(=O)NCCc3ccc(Cl)cc3)c2)C1. The lowest BCUT2D eigenvalue weighted by Gasteiger charge is -2.34. The molecule has 0 unspecified atom stereocenters. The van der Waals surface area contributed by atoms with E-state index in [4.69, 9.17) is 11.6 Å². The number of nitrogens with zero attached hydrogens (tertiary/aromatic N) is 1. The van der Waals surface area contributed by atoms with E-state index in [9.17, 15) is 17.6 Å². The molecule has 9 heteroatoms. The maximum Gasteiger partial charge on any atom is 0.252 e. The first-order valence-corrected chi connectivity index (χ1v) is 14.9.